The third-order valence-corrected chi connectivity index (χ3v) is 9.14. The first-order chi connectivity index (χ1) is 16.5. The number of anilines is 1. The van der Waals surface area contributed by atoms with Crippen molar-refractivity contribution >= 4 is 50.2 Å². The number of rotatable bonds is 5. The number of hydrogen-bond acceptors (Lipinski definition) is 6. The van der Waals surface area contributed by atoms with E-state index in [-0.39, 0.29) is 4.21 Å². The number of nitrogens with one attached hydrogen (secondary N) is 2. The molecule has 11 heteroatoms. The molecule has 4 aromatic rings. The molecule has 0 saturated heterocycles. The Morgan fingerprint density at radius 2 is 2.06 bits per heavy atom. The van der Waals surface area contributed by atoms with Crippen molar-refractivity contribution in [1.29, 1.82) is 0 Å². The van der Waals surface area contributed by atoms with Crippen molar-refractivity contribution in [3.63, 3.8) is 0 Å². The molecule has 0 bridgehead atoms. The van der Waals surface area contributed by atoms with Crippen LogP contribution >= 0.6 is 22.9 Å². The van der Waals surface area contributed by atoms with E-state index >= 15 is 0 Å². The third-order valence-electron chi connectivity index (χ3n) is 6.07. The molecule has 182 valence electrons. The van der Waals surface area contributed by atoms with Crippen LogP contribution in [-0.2, 0) is 28.5 Å². The van der Waals surface area contributed by atoms with E-state index in [9.17, 15) is 18.3 Å². The van der Waals surface area contributed by atoms with Gasteiger partial charge in [-0.2, -0.15) is 0 Å². The van der Waals surface area contributed by atoms with Crippen LogP contribution in [0.15, 0.2) is 52.6 Å². The standard InChI is InChI=1S/C24H23ClN4O4S2/c1-24(2,31)16-10-20(34-12-16)35(32,33)28-23(30)27-22-18-5-3-4-14(18)9-19(25)21(22)15-6-7-29-13-26-11-17(29)8-15/h6-13,31H,3-5H2,1-2H3,(H2,27,28,30). The van der Waals surface area contributed by atoms with Crippen LogP contribution in [-0.4, -0.2) is 28.9 Å². The van der Waals surface area contributed by atoms with Crippen molar-refractivity contribution in [2.75, 3.05) is 5.32 Å². The Balaban J connectivity index is 1.50. The zero-order valence-electron chi connectivity index (χ0n) is 19.0. The highest BCUT2D eigenvalue weighted by Crippen LogP contribution is 2.43. The van der Waals surface area contributed by atoms with Crippen LogP contribution in [0, 0.1) is 0 Å². The van der Waals surface area contributed by atoms with E-state index in [0.29, 0.717) is 21.8 Å². The molecule has 2 amide bonds. The second-order valence-electron chi connectivity index (χ2n) is 9.01. The SMILES string of the molecule is CC(C)(O)c1csc(S(=O)(=O)NC(=O)Nc2c3c(cc(Cl)c2-c2ccn4cncc4c2)CCC3)c1. The van der Waals surface area contributed by atoms with Gasteiger partial charge in [0.25, 0.3) is 10.0 Å². The number of amides is 2. The molecule has 1 aliphatic rings. The predicted molar refractivity (Wildman–Crippen MR) is 137 cm³/mol. The molecule has 3 N–H and O–H groups in total. The van der Waals surface area contributed by atoms with Gasteiger partial charge in [-0.1, -0.05) is 11.6 Å². The minimum Gasteiger partial charge on any atom is -0.386 e. The van der Waals surface area contributed by atoms with Gasteiger partial charge in [0, 0.05) is 11.8 Å². The maximum absolute atomic E-state index is 13.0. The molecular weight excluding hydrogens is 508 g/mol. The van der Waals surface area contributed by atoms with Gasteiger partial charge in [-0.3, -0.25) is 0 Å². The van der Waals surface area contributed by atoms with Crippen LogP contribution in [0.1, 0.15) is 37.0 Å². The highest BCUT2D eigenvalue weighted by atomic mass is 35.5. The molecule has 3 aromatic heterocycles. The molecule has 1 aromatic carbocycles. The summed E-state index contributed by atoms with van der Waals surface area (Å²) in [7, 11) is -4.14. The largest absolute Gasteiger partial charge is 0.386 e. The van der Waals surface area contributed by atoms with E-state index in [1.54, 1.807) is 31.8 Å². The summed E-state index contributed by atoms with van der Waals surface area (Å²) >= 11 is 7.63. The van der Waals surface area contributed by atoms with Crippen LogP contribution in [0.4, 0.5) is 10.5 Å². The molecule has 8 nitrogen and oxygen atoms in total. The van der Waals surface area contributed by atoms with Crippen molar-refractivity contribution < 1.29 is 18.3 Å². The Labute approximate surface area is 211 Å². The maximum atomic E-state index is 13.0. The van der Waals surface area contributed by atoms with Crippen molar-refractivity contribution in [2.24, 2.45) is 0 Å². The second kappa shape index (κ2) is 8.63. The molecule has 0 aliphatic heterocycles. The number of pyridine rings is 1. The quantitative estimate of drug-likeness (QED) is 0.338. The number of thiophene rings is 1. The van der Waals surface area contributed by atoms with E-state index < -0.39 is 21.7 Å². The molecule has 0 atom stereocenters. The summed E-state index contributed by atoms with van der Waals surface area (Å²) < 4.78 is 29.6. The maximum Gasteiger partial charge on any atom is 0.333 e. The van der Waals surface area contributed by atoms with Gasteiger partial charge < -0.3 is 14.8 Å². The highest BCUT2D eigenvalue weighted by molar-refractivity contribution is 7.92. The minimum atomic E-state index is -4.14. The number of aromatic nitrogens is 2. The summed E-state index contributed by atoms with van der Waals surface area (Å²) in [6.45, 7) is 3.13. The first-order valence-corrected chi connectivity index (χ1v) is 13.7. The number of aliphatic hydroxyl groups is 1. The van der Waals surface area contributed by atoms with Gasteiger partial charge >= 0.3 is 6.03 Å². The number of urea groups is 1. The molecule has 0 unspecified atom stereocenters. The van der Waals surface area contributed by atoms with Gasteiger partial charge in [-0.05, 0) is 85.0 Å². The molecule has 0 radical (unpaired) electrons. The van der Waals surface area contributed by atoms with E-state index in [4.69, 9.17) is 11.6 Å². The molecule has 3 heterocycles. The molecule has 35 heavy (non-hydrogen) atoms. The second-order valence-corrected chi connectivity index (χ2v) is 12.2. The number of halogens is 1. The topological polar surface area (TPSA) is 113 Å². The summed E-state index contributed by atoms with van der Waals surface area (Å²) in [6, 6.07) is 6.19. The Morgan fingerprint density at radius 3 is 2.80 bits per heavy atom. The predicted octanol–water partition coefficient (Wildman–Crippen LogP) is 4.94. The molecule has 5 rings (SSSR count). The van der Waals surface area contributed by atoms with Gasteiger partial charge in [-0.25, -0.2) is 22.9 Å². The smallest absolute Gasteiger partial charge is 0.333 e. The molecular formula is C24H23ClN4O4S2. The molecule has 1 aliphatic carbocycles. The van der Waals surface area contributed by atoms with E-state index in [2.05, 4.69) is 15.0 Å². The number of nitrogens with zero attached hydrogens (tertiary/aromatic N) is 2. The number of carbonyl (C=O) groups excluding carboxylic acids is 1. The van der Waals surface area contributed by atoms with E-state index in [1.807, 2.05) is 28.8 Å². The lowest BCUT2D eigenvalue weighted by molar-refractivity contribution is 0.0789. The van der Waals surface area contributed by atoms with Crippen LogP contribution in [0.3, 0.4) is 0 Å². The number of imidazole rings is 1. The molecule has 0 spiro atoms. The van der Waals surface area contributed by atoms with Crippen LogP contribution in [0.2, 0.25) is 5.02 Å². The molecule has 0 fully saturated rings. The van der Waals surface area contributed by atoms with Gasteiger partial charge in [-0.15, -0.1) is 11.3 Å². The zero-order valence-corrected chi connectivity index (χ0v) is 21.4. The number of benzene rings is 1. The third kappa shape index (κ3) is 4.54. The fourth-order valence-electron chi connectivity index (χ4n) is 4.29. The molecule has 0 saturated carbocycles. The average molecular weight is 531 g/mol. The Morgan fingerprint density at radius 1 is 1.26 bits per heavy atom. The number of carbonyl (C=O) groups is 1. The Hall–Kier alpha value is -2.92. The number of fused-ring (bicyclic) bond motifs is 2. The van der Waals surface area contributed by atoms with Crippen LogP contribution < -0.4 is 10.0 Å². The Bertz CT molecular complexity index is 1570. The fourth-order valence-corrected chi connectivity index (χ4v) is 6.88. The normalized spacial score (nSPS) is 13.7. The first-order valence-electron chi connectivity index (χ1n) is 10.9. The summed E-state index contributed by atoms with van der Waals surface area (Å²) in [6.07, 6.45) is 7.76. The lowest BCUT2D eigenvalue weighted by atomic mass is 9.97. The summed E-state index contributed by atoms with van der Waals surface area (Å²) in [4.78, 5) is 17.1. The summed E-state index contributed by atoms with van der Waals surface area (Å²) in [5.74, 6) is 0. The Kier molecular flexibility index (Phi) is 5.87. The minimum absolute atomic E-state index is 0.0625. The van der Waals surface area contributed by atoms with E-state index in [1.165, 1.54) is 6.07 Å². The van der Waals surface area contributed by atoms with E-state index in [0.717, 1.165) is 52.8 Å². The van der Waals surface area contributed by atoms with Crippen molar-refractivity contribution in [2.45, 2.75) is 42.9 Å². The average Bonchev–Trinajstić information content (AvgIpc) is 3.52. The van der Waals surface area contributed by atoms with Crippen molar-refractivity contribution in [1.82, 2.24) is 14.1 Å². The van der Waals surface area contributed by atoms with Gasteiger partial charge in [0.2, 0.25) is 0 Å². The monoisotopic (exact) mass is 530 g/mol. The van der Waals surface area contributed by atoms with Crippen molar-refractivity contribution in [3.8, 4) is 11.1 Å². The van der Waals surface area contributed by atoms with Crippen LogP contribution in [0.25, 0.3) is 16.6 Å². The zero-order chi connectivity index (χ0) is 25.0. The number of aryl methyl sites for hydroxylation is 1. The van der Waals surface area contributed by atoms with Gasteiger partial charge in [0.05, 0.1) is 34.4 Å². The van der Waals surface area contributed by atoms with Crippen LogP contribution in [0.5, 0.6) is 0 Å². The summed E-state index contributed by atoms with van der Waals surface area (Å²) in [5.41, 5.74) is 4.02. The first kappa shape index (κ1) is 23.8. The highest BCUT2D eigenvalue weighted by Gasteiger charge is 2.27. The number of hydrogen-bond donors (Lipinski definition) is 3. The fraction of sp³-hybridized carbons (Fsp3) is 0.250. The van der Waals surface area contributed by atoms with Crippen molar-refractivity contribution in [3.05, 3.63) is 70.1 Å². The van der Waals surface area contributed by atoms with Gasteiger partial charge in [0.15, 0.2) is 0 Å². The summed E-state index contributed by atoms with van der Waals surface area (Å²) in [5, 5.41) is 14.9. The van der Waals surface area contributed by atoms with Gasteiger partial charge in [0.1, 0.15) is 4.21 Å². The lowest BCUT2D eigenvalue weighted by Gasteiger charge is -2.18. The number of sulfonamides is 1. The lowest BCUT2D eigenvalue weighted by Crippen LogP contribution is -2.34.